The highest BCUT2D eigenvalue weighted by Crippen LogP contribution is 2.21. The molecule has 0 saturated heterocycles. The molecule has 0 aliphatic heterocycles. The van der Waals surface area contributed by atoms with Gasteiger partial charge in [0.25, 0.3) is 11.5 Å². The average Bonchev–Trinajstić information content (AvgIpc) is 2.87. The van der Waals surface area contributed by atoms with Crippen LogP contribution in [-0.4, -0.2) is 34.0 Å². The number of carbonyl (C=O) groups excluding carboxylic acids is 1. The molecular formula is C26H24N4O3S. The van der Waals surface area contributed by atoms with Gasteiger partial charge in [-0.3, -0.25) is 14.2 Å². The third-order valence-corrected chi connectivity index (χ3v) is 6.14. The van der Waals surface area contributed by atoms with Crippen LogP contribution in [0, 0.1) is 6.92 Å². The number of ether oxygens (including phenoxy) is 1. The molecule has 172 valence electrons. The Labute approximate surface area is 201 Å². The predicted octanol–water partition coefficient (Wildman–Crippen LogP) is 4.34. The number of hydrogen-bond acceptors (Lipinski definition) is 6. The molecule has 1 N–H and O–H groups in total. The predicted molar refractivity (Wildman–Crippen MR) is 136 cm³/mol. The minimum Gasteiger partial charge on any atom is -0.497 e. The summed E-state index contributed by atoms with van der Waals surface area (Å²) >= 11 is 1.19. The summed E-state index contributed by atoms with van der Waals surface area (Å²) in [5, 5.41) is 5.16. The van der Waals surface area contributed by atoms with E-state index in [9.17, 15) is 9.59 Å². The van der Waals surface area contributed by atoms with Crippen LogP contribution < -0.4 is 15.7 Å². The SMILES string of the molecule is COc1cccc(/C(C)=N\NC(=O)CSc2nc3ccccc3c(=O)n2-c2ccc(C)cc2)c1. The summed E-state index contributed by atoms with van der Waals surface area (Å²) in [6, 6.07) is 22.3. The molecule has 0 aliphatic carbocycles. The molecule has 1 amide bonds. The molecule has 3 aromatic carbocycles. The molecule has 0 saturated carbocycles. The number of fused-ring (bicyclic) bond motifs is 1. The van der Waals surface area contributed by atoms with Crippen molar-refractivity contribution in [3.8, 4) is 11.4 Å². The van der Waals surface area contributed by atoms with Gasteiger partial charge in [-0.25, -0.2) is 10.4 Å². The molecule has 1 aromatic heterocycles. The lowest BCUT2D eigenvalue weighted by atomic mass is 10.1. The first kappa shape index (κ1) is 23.3. The number of carbonyl (C=O) groups is 1. The molecule has 0 fully saturated rings. The number of para-hydroxylation sites is 1. The van der Waals surface area contributed by atoms with E-state index in [-0.39, 0.29) is 17.2 Å². The Morgan fingerprint density at radius 2 is 1.85 bits per heavy atom. The first-order valence-electron chi connectivity index (χ1n) is 10.7. The number of amides is 1. The Morgan fingerprint density at radius 1 is 1.09 bits per heavy atom. The van der Waals surface area contributed by atoms with Crippen LogP contribution in [0.4, 0.5) is 0 Å². The van der Waals surface area contributed by atoms with E-state index < -0.39 is 0 Å². The van der Waals surface area contributed by atoms with E-state index in [0.29, 0.717) is 33.2 Å². The summed E-state index contributed by atoms with van der Waals surface area (Å²) in [6.07, 6.45) is 0. The molecular weight excluding hydrogens is 448 g/mol. The Morgan fingerprint density at radius 3 is 2.62 bits per heavy atom. The highest BCUT2D eigenvalue weighted by Gasteiger charge is 2.15. The van der Waals surface area contributed by atoms with E-state index in [2.05, 4.69) is 15.5 Å². The summed E-state index contributed by atoms with van der Waals surface area (Å²) in [5.74, 6) is 0.460. The minimum absolute atomic E-state index is 0.0472. The van der Waals surface area contributed by atoms with Crippen LogP contribution in [0.15, 0.2) is 87.8 Å². The first-order chi connectivity index (χ1) is 16.5. The molecule has 34 heavy (non-hydrogen) atoms. The van der Waals surface area contributed by atoms with Crippen LogP contribution in [0.2, 0.25) is 0 Å². The standard InChI is InChI=1S/C26H24N4O3S/c1-17-11-13-20(14-12-17)30-25(32)22-9-4-5-10-23(22)27-26(30)34-16-24(31)29-28-18(2)19-7-6-8-21(15-19)33-3/h4-15H,16H2,1-3H3,(H,29,31)/b28-18-. The molecule has 0 bridgehead atoms. The second-order valence-corrected chi connectivity index (χ2v) is 8.58. The number of aromatic nitrogens is 2. The fourth-order valence-electron chi connectivity index (χ4n) is 3.35. The summed E-state index contributed by atoms with van der Waals surface area (Å²) < 4.78 is 6.78. The zero-order valence-electron chi connectivity index (χ0n) is 19.1. The van der Waals surface area contributed by atoms with Crippen molar-refractivity contribution in [2.24, 2.45) is 5.10 Å². The zero-order valence-corrected chi connectivity index (χ0v) is 19.9. The third-order valence-electron chi connectivity index (χ3n) is 5.21. The lowest BCUT2D eigenvalue weighted by molar-refractivity contribution is -0.118. The Kier molecular flexibility index (Phi) is 7.08. The fraction of sp³-hybridized carbons (Fsp3) is 0.154. The Bertz CT molecular complexity index is 1430. The number of hydrazone groups is 1. The number of benzene rings is 3. The summed E-state index contributed by atoms with van der Waals surface area (Å²) in [6.45, 7) is 3.79. The van der Waals surface area contributed by atoms with Crippen molar-refractivity contribution in [3.05, 3.63) is 94.3 Å². The van der Waals surface area contributed by atoms with Crippen molar-refractivity contribution in [1.82, 2.24) is 15.0 Å². The molecule has 4 rings (SSSR count). The largest absolute Gasteiger partial charge is 0.497 e. The fourth-order valence-corrected chi connectivity index (χ4v) is 4.16. The van der Waals surface area contributed by atoms with E-state index in [1.165, 1.54) is 11.8 Å². The maximum Gasteiger partial charge on any atom is 0.266 e. The Hall–Kier alpha value is -3.91. The highest BCUT2D eigenvalue weighted by molar-refractivity contribution is 7.99. The van der Waals surface area contributed by atoms with E-state index in [1.807, 2.05) is 74.5 Å². The van der Waals surface area contributed by atoms with Crippen molar-refractivity contribution in [2.75, 3.05) is 12.9 Å². The molecule has 0 unspecified atom stereocenters. The van der Waals surface area contributed by atoms with Crippen LogP contribution in [0.5, 0.6) is 5.75 Å². The number of hydrogen-bond donors (Lipinski definition) is 1. The van der Waals surface area contributed by atoms with E-state index in [1.54, 1.807) is 23.8 Å². The average molecular weight is 473 g/mol. The number of methoxy groups -OCH3 is 1. The molecule has 0 spiro atoms. The third kappa shape index (κ3) is 5.18. The van der Waals surface area contributed by atoms with Gasteiger partial charge in [0.2, 0.25) is 0 Å². The van der Waals surface area contributed by atoms with E-state index >= 15 is 0 Å². The molecule has 0 atom stereocenters. The monoisotopic (exact) mass is 472 g/mol. The van der Waals surface area contributed by atoms with Gasteiger partial charge >= 0.3 is 0 Å². The summed E-state index contributed by atoms with van der Waals surface area (Å²) in [4.78, 5) is 30.5. The Balaban J connectivity index is 1.56. The van der Waals surface area contributed by atoms with Crippen LogP contribution in [0.25, 0.3) is 16.6 Å². The van der Waals surface area contributed by atoms with Gasteiger partial charge in [0.1, 0.15) is 5.75 Å². The van der Waals surface area contributed by atoms with Crippen LogP contribution in [0.1, 0.15) is 18.1 Å². The second-order valence-electron chi connectivity index (χ2n) is 7.64. The molecule has 0 aliphatic rings. The van der Waals surface area contributed by atoms with Crippen LogP contribution >= 0.6 is 11.8 Å². The quantitative estimate of drug-likeness (QED) is 0.187. The topological polar surface area (TPSA) is 85.6 Å². The van der Waals surface area contributed by atoms with Gasteiger partial charge in [0.05, 0.1) is 35.2 Å². The number of nitrogens with one attached hydrogen (secondary N) is 1. The normalized spacial score (nSPS) is 11.4. The molecule has 7 nitrogen and oxygen atoms in total. The van der Waals surface area contributed by atoms with E-state index in [0.717, 1.165) is 11.1 Å². The van der Waals surface area contributed by atoms with Crippen LogP contribution in [0.3, 0.4) is 0 Å². The number of rotatable bonds is 7. The van der Waals surface area contributed by atoms with Crippen molar-refractivity contribution in [2.45, 2.75) is 19.0 Å². The van der Waals surface area contributed by atoms with Crippen molar-refractivity contribution >= 4 is 34.3 Å². The van der Waals surface area contributed by atoms with Crippen LogP contribution in [-0.2, 0) is 4.79 Å². The zero-order chi connectivity index (χ0) is 24.1. The lowest BCUT2D eigenvalue weighted by Crippen LogP contribution is -2.24. The number of aryl methyl sites for hydroxylation is 1. The maximum atomic E-state index is 13.3. The molecule has 8 heteroatoms. The van der Waals surface area contributed by atoms with Gasteiger partial charge in [0.15, 0.2) is 5.16 Å². The van der Waals surface area contributed by atoms with Crippen molar-refractivity contribution in [3.63, 3.8) is 0 Å². The van der Waals surface area contributed by atoms with E-state index in [4.69, 9.17) is 4.74 Å². The lowest BCUT2D eigenvalue weighted by Gasteiger charge is -2.13. The summed E-state index contributed by atoms with van der Waals surface area (Å²) in [5.41, 5.74) is 6.27. The van der Waals surface area contributed by atoms with Crippen molar-refractivity contribution in [1.29, 1.82) is 0 Å². The molecule has 0 radical (unpaired) electrons. The maximum absolute atomic E-state index is 13.3. The first-order valence-corrected chi connectivity index (χ1v) is 11.6. The number of nitrogens with zero attached hydrogens (tertiary/aromatic N) is 3. The van der Waals surface area contributed by atoms with Gasteiger partial charge < -0.3 is 4.74 Å². The van der Waals surface area contributed by atoms with Gasteiger partial charge in [-0.15, -0.1) is 0 Å². The number of thioether (sulfide) groups is 1. The van der Waals surface area contributed by atoms with Gasteiger partial charge in [-0.05, 0) is 50.2 Å². The highest BCUT2D eigenvalue weighted by atomic mass is 32.2. The van der Waals surface area contributed by atoms with Crippen molar-refractivity contribution < 1.29 is 9.53 Å². The minimum atomic E-state index is -0.301. The van der Waals surface area contributed by atoms with Gasteiger partial charge in [-0.2, -0.15) is 5.10 Å². The second kappa shape index (κ2) is 10.4. The molecule has 1 heterocycles. The molecule has 4 aromatic rings. The van der Waals surface area contributed by atoms with Gasteiger partial charge in [-0.1, -0.05) is 53.7 Å². The summed E-state index contributed by atoms with van der Waals surface area (Å²) in [7, 11) is 1.60. The smallest absolute Gasteiger partial charge is 0.266 e. The van der Waals surface area contributed by atoms with Gasteiger partial charge in [0, 0.05) is 5.56 Å².